The molecule has 0 saturated carbocycles. The van der Waals surface area contributed by atoms with Gasteiger partial charge in [0.15, 0.2) is 0 Å². The lowest BCUT2D eigenvalue weighted by molar-refractivity contribution is 0.123. The molecule has 0 radical (unpaired) electrons. The normalized spacial score (nSPS) is 14.2. The maximum absolute atomic E-state index is 13.5. The number of ether oxygens (including phenoxy) is 1. The Morgan fingerprint density at radius 3 is 2.47 bits per heavy atom. The van der Waals surface area contributed by atoms with Crippen molar-refractivity contribution in [2.24, 2.45) is 0 Å². The number of nitrogens with zero attached hydrogens (tertiary/aromatic N) is 3. The highest BCUT2D eigenvalue weighted by molar-refractivity contribution is 7.89. The Balaban J connectivity index is 1.65. The van der Waals surface area contributed by atoms with Crippen molar-refractivity contribution < 1.29 is 17.5 Å². The van der Waals surface area contributed by atoms with Crippen LogP contribution in [-0.2, 0) is 14.8 Å². The Bertz CT molecular complexity index is 1200. The number of aromatic nitrogens is 2. The summed E-state index contributed by atoms with van der Waals surface area (Å²) in [6, 6.07) is 12.6. The van der Waals surface area contributed by atoms with E-state index in [0.29, 0.717) is 49.3 Å². The molecular weight excluding hydrogens is 435 g/mol. The van der Waals surface area contributed by atoms with E-state index in [-0.39, 0.29) is 10.7 Å². The number of morpholine rings is 1. The first-order valence-electron chi connectivity index (χ1n) is 9.96. The van der Waals surface area contributed by atoms with Crippen molar-refractivity contribution in [1.82, 2.24) is 14.7 Å². The quantitative estimate of drug-likeness (QED) is 0.496. The number of rotatable bonds is 7. The second kappa shape index (κ2) is 9.47. The SMILES string of the molecule is CNS(=O)(=O)c1ccc(N2CCOCC2)c(Nc2cc(Nc3cccc(F)c3)ncn2)c1. The van der Waals surface area contributed by atoms with E-state index in [4.69, 9.17) is 4.74 Å². The van der Waals surface area contributed by atoms with Crippen molar-refractivity contribution in [2.75, 3.05) is 48.9 Å². The van der Waals surface area contributed by atoms with Crippen molar-refractivity contribution in [1.29, 1.82) is 0 Å². The van der Waals surface area contributed by atoms with Gasteiger partial charge in [-0.05, 0) is 43.4 Å². The van der Waals surface area contributed by atoms with Gasteiger partial charge in [0, 0.05) is 24.8 Å². The first kappa shape index (κ1) is 21.9. The zero-order chi connectivity index (χ0) is 22.6. The fourth-order valence-corrected chi connectivity index (χ4v) is 4.08. The van der Waals surface area contributed by atoms with Gasteiger partial charge in [-0.2, -0.15) is 0 Å². The van der Waals surface area contributed by atoms with Crippen molar-refractivity contribution in [3.63, 3.8) is 0 Å². The monoisotopic (exact) mass is 458 g/mol. The molecule has 1 aliphatic heterocycles. The summed E-state index contributed by atoms with van der Waals surface area (Å²) in [6.07, 6.45) is 1.37. The molecule has 0 atom stereocenters. The van der Waals surface area contributed by atoms with Crippen molar-refractivity contribution in [3.8, 4) is 0 Å². The summed E-state index contributed by atoms with van der Waals surface area (Å²) in [5.74, 6) is 0.549. The third-order valence-corrected chi connectivity index (χ3v) is 6.34. The van der Waals surface area contributed by atoms with Crippen LogP contribution in [0.5, 0.6) is 0 Å². The third kappa shape index (κ3) is 5.13. The van der Waals surface area contributed by atoms with Crippen LogP contribution in [0.1, 0.15) is 0 Å². The average Bonchev–Trinajstić information content (AvgIpc) is 2.80. The Morgan fingerprint density at radius 1 is 1.00 bits per heavy atom. The Labute approximate surface area is 185 Å². The number of benzene rings is 2. The molecular formula is C21H23FN6O3S. The average molecular weight is 459 g/mol. The molecule has 0 unspecified atom stereocenters. The molecule has 2 aromatic carbocycles. The molecule has 32 heavy (non-hydrogen) atoms. The van der Waals surface area contributed by atoms with E-state index in [1.807, 2.05) is 0 Å². The first-order valence-corrected chi connectivity index (χ1v) is 11.4. The lowest BCUT2D eigenvalue weighted by Gasteiger charge is -2.31. The summed E-state index contributed by atoms with van der Waals surface area (Å²) in [4.78, 5) is 10.7. The lowest BCUT2D eigenvalue weighted by atomic mass is 10.2. The van der Waals surface area contributed by atoms with Gasteiger partial charge in [0.25, 0.3) is 0 Å². The van der Waals surface area contributed by atoms with Crippen molar-refractivity contribution in [2.45, 2.75) is 4.90 Å². The number of sulfonamides is 1. The van der Waals surface area contributed by atoms with Crippen LogP contribution in [0.4, 0.5) is 33.1 Å². The molecule has 4 rings (SSSR count). The standard InChI is InChI=1S/C21H23FN6O3S/c1-23-32(29,30)17-5-6-19(28-7-9-31-10-8-28)18(12-17)27-21-13-20(24-14-25-21)26-16-4-2-3-15(22)11-16/h2-6,11-14,23H,7-10H2,1H3,(H2,24,25,26,27). The highest BCUT2D eigenvalue weighted by Gasteiger charge is 2.19. The zero-order valence-electron chi connectivity index (χ0n) is 17.4. The minimum absolute atomic E-state index is 0.131. The zero-order valence-corrected chi connectivity index (χ0v) is 18.2. The molecule has 1 saturated heterocycles. The van der Waals surface area contributed by atoms with Crippen LogP contribution in [0.25, 0.3) is 0 Å². The van der Waals surface area contributed by atoms with E-state index in [9.17, 15) is 12.8 Å². The Morgan fingerprint density at radius 2 is 1.75 bits per heavy atom. The summed E-state index contributed by atoms with van der Waals surface area (Å²) in [5.41, 5.74) is 1.96. The van der Waals surface area contributed by atoms with Crippen molar-refractivity contribution >= 4 is 38.7 Å². The first-order chi connectivity index (χ1) is 15.4. The predicted octanol–water partition coefficient (Wildman–Crippen LogP) is 2.85. The molecule has 0 spiro atoms. The van der Waals surface area contributed by atoms with Crippen LogP contribution in [0.15, 0.2) is 59.8 Å². The molecule has 9 nitrogen and oxygen atoms in total. The summed E-state index contributed by atoms with van der Waals surface area (Å²) < 4.78 is 45.9. The van der Waals surface area contributed by atoms with Gasteiger partial charge in [0.2, 0.25) is 10.0 Å². The number of hydrogen-bond acceptors (Lipinski definition) is 8. The topological polar surface area (TPSA) is 108 Å². The highest BCUT2D eigenvalue weighted by Crippen LogP contribution is 2.32. The predicted molar refractivity (Wildman–Crippen MR) is 121 cm³/mol. The van der Waals surface area contributed by atoms with E-state index >= 15 is 0 Å². The second-order valence-electron chi connectivity index (χ2n) is 7.03. The van der Waals surface area contributed by atoms with Gasteiger partial charge in [0.1, 0.15) is 23.8 Å². The fourth-order valence-electron chi connectivity index (χ4n) is 3.33. The Hall–Kier alpha value is -3.28. The molecule has 1 aromatic heterocycles. The van der Waals surface area contributed by atoms with Crippen LogP contribution in [0, 0.1) is 5.82 Å². The van der Waals surface area contributed by atoms with E-state index in [2.05, 4.69) is 30.2 Å². The molecule has 1 fully saturated rings. The van der Waals surface area contributed by atoms with Crippen LogP contribution < -0.4 is 20.3 Å². The molecule has 168 valence electrons. The molecule has 3 aromatic rings. The van der Waals surface area contributed by atoms with Gasteiger partial charge in [-0.25, -0.2) is 27.5 Å². The molecule has 0 aliphatic carbocycles. The van der Waals surface area contributed by atoms with Gasteiger partial charge < -0.3 is 20.3 Å². The number of halogens is 1. The molecule has 0 amide bonds. The maximum atomic E-state index is 13.5. The van der Waals surface area contributed by atoms with E-state index in [0.717, 1.165) is 5.69 Å². The highest BCUT2D eigenvalue weighted by atomic mass is 32.2. The lowest BCUT2D eigenvalue weighted by Crippen LogP contribution is -2.36. The van der Waals surface area contributed by atoms with E-state index in [1.54, 1.807) is 36.4 Å². The summed E-state index contributed by atoms with van der Waals surface area (Å²) in [5, 5.41) is 6.23. The molecule has 3 N–H and O–H groups in total. The van der Waals surface area contributed by atoms with Crippen LogP contribution in [0.2, 0.25) is 0 Å². The molecule has 0 bridgehead atoms. The minimum atomic E-state index is -3.63. The smallest absolute Gasteiger partial charge is 0.240 e. The van der Waals surface area contributed by atoms with E-state index in [1.165, 1.54) is 25.5 Å². The van der Waals surface area contributed by atoms with E-state index < -0.39 is 10.0 Å². The maximum Gasteiger partial charge on any atom is 0.240 e. The number of nitrogens with one attached hydrogen (secondary N) is 3. The summed E-state index contributed by atoms with van der Waals surface area (Å²) in [7, 11) is -2.26. The minimum Gasteiger partial charge on any atom is -0.378 e. The second-order valence-corrected chi connectivity index (χ2v) is 8.92. The largest absolute Gasteiger partial charge is 0.378 e. The molecule has 2 heterocycles. The van der Waals surface area contributed by atoms with Gasteiger partial charge in [-0.1, -0.05) is 6.07 Å². The van der Waals surface area contributed by atoms with Crippen molar-refractivity contribution in [3.05, 3.63) is 60.7 Å². The third-order valence-electron chi connectivity index (χ3n) is 4.93. The van der Waals surface area contributed by atoms with Gasteiger partial charge in [-0.3, -0.25) is 0 Å². The van der Waals surface area contributed by atoms with Gasteiger partial charge in [-0.15, -0.1) is 0 Å². The number of hydrogen-bond donors (Lipinski definition) is 3. The van der Waals surface area contributed by atoms with Gasteiger partial charge in [0.05, 0.1) is 29.5 Å². The van der Waals surface area contributed by atoms with Crippen LogP contribution >= 0.6 is 0 Å². The summed E-state index contributed by atoms with van der Waals surface area (Å²) in [6.45, 7) is 2.54. The van der Waals surface area contributed by atoms with Gasteiger partial charge >= 0.3 is 0 Å². The van der Waals surface area contributed by atoms with Crippen LogP contribution in [0.3, 0.4) is 0 Å². The van der Waals surface area contributed by atoms with Crippen LogP contribution in [-0.4, -0.2) is 51.7 Å². The number of anilines is 5. The molecule has 1 aliphatic rings. The molecule has 11 heteroatoms. The summed E-state index contributed by atoms with van der Waals surface area (Å²) >= 11 is 0. The fraction of sp³-hybridized carbons (Fsp3) is 0.238. The Kier molecular flexibility index (Phi) is 6.49.